The van der Waals surface area contributed by atoms with E-state index in [4.69, 9.17) is 16.3 Å². The zero-order chi connectivity index (χ0) is 15.3. The zero-order valence-corrected chi connectivity index (χ0v) is 13.5. The minimum Gasteiger partial charge on any atom is -0.496 e. The molecule has 20 heavy (non-hydrogen) atoms. The first-order valence-electron chi connectivity index (χ1n) is 6.53. The van der Waals surface area contributed by atoms with E-state index in [-0.39, 0.29) is 11.4 Å². The summed E-state index contributed by atoms with van der Waals surface area (Å²) < 4.78 is 5.30. The van der Waals surface area contributed by atoms with Gasteiger partial charge in [-0.3, -0.25) is 9.69 Å². The van der Waals surface area contributed by atoms with Crippen LogP contribution in [0, 0.1) is 0 Å². The molecule has 0 atom stereocenters. The molecule has 0 aromatic heterocycles. The molecule has 0 aliphatic heterocycles. The monoisotopic (exact) mass is 298 g/mol. The summed E-state index contributed by atoms with van der Waals surface area (Å²) >= 11 is 6.00. The standard InChI is InChI=1S/C15H23ClN2O2/c1-15(2,3)17-14(19)10-18(4)9-11-8-12(16)6-7-13(11)20-5/h6-8H,9-10H2,1-5H3,(H,17,19). The van der Waals surface area contributed by atoms with Crippen LogP contribution in [0.2, 0.25) is 5.02 Å². The van der Waals surface area contributed by atoms with E-state index >= 15 is 0 Å². The Balaban J connectivity index is 2.64. The molecule has 0 radical (unpaired) electrons. The Morgan fingerprint density at radius 3 is 2.60 bits per heavy atom. The van der Waals surface area contributed by atoms with Crippen molar-refractivity contribution >= 4 is 17.5 Å². The van der Waals surface area contributed by atoms with Gasteiger partial charge < -0.3 is 10.1 Å². The molecule has 0 spiro atoms. The van der Waals surface area contributed by atoms with Crippen LogP contribution in [0.25, 0.3) is 0 Å². The van der Waals surface area contributed by atoms with Crippen LogP contribution < -0.4 is 10.1 Å². The topological polar surface area (TPSA) is 41.6 Å². The van der Waals surface area contributed by atoms with E-state index in [2.05, 4.69) is 5.32 Å². The number of likely N-dealkylation sites (N-methyl/N-ethyl adjacent to an activating group) is 1. The number of hydrogen-bond donors (Lipinski definition) is 1. The summed E-state index contributed by atoms with van der Waals surface area (Å²) in [5.41, 5.74) is 0.747. The molecule has 0 aliphatic carbocycles. The molecule has 1 rings (SSSR count). The van der Waals surface area contributed by atoms with E-state index in [1.54, 1.807) is 13.2 Å². The van der Waals surface area contributed by atoms with Crippen molar-refractivity contribution in [3.8, 4) is 5.75 Å². The SMILES string of the molecule is COc1ccc(Cl)cc1CN(C)CC(=O)NC(C)(C)C. The number of benzene rings is 1. The van der Waals surface area contributed by atoms with Gasteiger partial charge in [0.2, 0.25) is 5.91 Å². The number of rotatable bonds is 5. The van der Waals surface area contributed by atoms with E-state index in [9.17, 15) is 4.79 Å². The van der Waals surface area contributed by atoms with Gasteiger partial charge >= 0.3 is 0 Å². The van der Waals surface area contributed by atoms with Gasteiger partial charge in [-0.15, -0.1) is 0 Å². The molecular formula is C15H23ClN2O2. The third kappa shape index (κ3) is 5.80. The van der Waals surface area contributed by atoms with Crippen molar-refractivity contribution in [3.63, 3.8) is 0 Å². The van der Waals surface area contributed by atoms with Gasteiger partial charge in [-0.1, -0.05) is 11.6 Å². The highest BCUT2D eigenvalue weighted by molar-refractivity contribution is 6.30. The fourth-order valence-electron chi connectivity index (χ4n) is 1.92. The Labute approximate surface area is 126 Å². The second kappa shape index (κ2) is 6.95. The molecule has 0 saturated carbocycles. The average molecular weight is 299 g/mol. The molecule has 4 nitrogen and oxygen atoms in total. The van der Waals surface area contributed by atoms with E-state index in [1.807, 2.05) is 44.9 Å². The fourth-order valence-corrected chi connectivity index (χ4v) is 2.12. The van der Waals surface area contributed by atoms with Crippen LogP contribution in [0.4, 0.5) is 0 Å². The summed E-state index contributed by atoms with van der Waals surface area (Å²) in [6, 6.07) is 5.48. The molecule has 1 aromatic carbocycles. The molecule has 5 heteroatoms. The summed E-state index contributed by atoms with van der Waals surface area (Å²) in [5, 5.41) is 3.60. The lowest BCUT2D eigenvalue weighted by Gasteiger charge is -2.23. The van der Waals surface area contributed by atoms with E-state index < -0.39 is 0 Å². The van der Waals surface area contributed by atoms with Crippen LogP contribution in [-0.2, 0) is 11.3 Å². The number of nitrogens with zero attached hydrogens (tertiary/aromatic N) is 1. The second-order valence-electron chi connectivity index (χ2n) is 5.93. The Bertz CT molecular complexity index is 469. The highest BCUT2D eigenvalue weighted by Crippen LogP contribution is 2.23. The van der Waals surface area contributed by atoms with Crippen molar-refractivity contribution < 1.29 is 9.53 Å². The number of carbonyl (C=O) groups excluding carboxylic acids is 1. The summed E-state index contributed by atoms with van der Waals surface area (Å²) in [6.45, 7) is 6.81. The first-order valence-corrected chi connectivity index (χ1v) is 6.91. The van der Waals surface area contributed by atoms with Crippen molar-refractivity contribution in [1.29, 1.82) is 0 Å². The predicted molar refractivity (Wildman–Crippen MR) is 82.2 cm³/mol. The minimum atomic E-state index is -0.217. The third-order valence-electron chi connectivity index (χ3n) is 2.61. The molecule has 0 aliphatic rings. The lowest BCUT2D eigenvalue weighted by molar-refractivity contribution is -0.123. The quantitative estimate of drug-likeness (QED) is 0.909. The Morgan fingerprint density at radius 1 is 1.40 bits per heavy atom. The van der Waals surface area contributed by atoms with Gasteiger partial charge in [0.25, 0.3) is 0 Å². The number of methoxy groups -OCH3 is 1. The molecule has 0 unspecified atom stereocenters. The molecular weight excluding hydrogens is 276 g/mol. The first-order chi connectivity index (χ1) is 9.21. The highest BCUT2D eigenvalue weighted by Gasteiger charge is 2.16. The Hall–Kier alpha value is -1.26. The Morgan fingerprint density at radius 2 is 2.05 bits per heavy atom. The van der Waals surface area contributed by atoms with Crippen LogP contribution in [0.15, 0.2) is 18.2 Å². The van der Waals surface area contributed by atoms with Crippen molar-refractivity contribution in [1.82, 2.24) is 10.2 Å². The third-order valence-corrected chi connectivity index (χ3v) is 2.85. The molecule has 0 heterocycles. The first kappa shape index (κ1) is 16.8. The van der Waals surface area contributed by atoms with Crippen molar-refractivity contribution in [2.45, 2.75) is 32.9 Å². The minimum absolute atomic E-state index is 0.000921. The zero-order valence-electron chi connectivity index (χ0n) is 12.8. The van der Waals surface area contributed by atoms with Gasteiger partial charge in [0.1, 0.15) is 5.75 Å². The van der Waals surface area contributed by atoms with Gasteiger partial charge in [0, 0.05) is 22.7 Å². The maximum absolute atomic E-state index is 11.9. The summed E-state index contributed by atoms with van der Waals surface area (Å²) in [4.78, 5) is 13.8. The Kier molecular flexibility index (Phi) is 5.84. The van der Waals surface area contributed by atoms with E-state index in [1.165, 1.54) is 0 Å². The molecule has 1 amide bonds. The molecule has 112 valence electrons. The maximum Gasteiger partial charge on any atom is 0.234 e. The smallest absolute Gasteiger partial charge is 0.234 e. The van der Waals surface area contributed by atoms with Gasteiger partial charge in [0.15, 0.2) is 0 Å². The van der Waals surface area contributed by atoms with E-state index in [0.717, 1.165) is 11.3 Å². The van der Waals surface area contributed by atoms with Crippen LogP contribution in [0.1, 0.15) is 26.3 Å². The predicted octanol–water partition coefficient (Wildman–Crippen LogP) is 2.70. The number of hydrogen-bond acceptors (Lipinski definition) is 3. The van der Waals surface area contributed by atoms with E-state index in [0.29, 0.717) is 18.1 Å². The van der Waals surface area contributed by atoms with Crippen LogP contribution in [0.3, 0.4) is 0 Å². The fraction of sp³-hybridized carbons (Fsp3) is 0.533. The second-order valence-corrected chi connectivity index (χ2v) is 6.36. The number of ether oxygens (including phenoxy) is 1. The highest BCUT2D eigenvalue weighted by atomic mass is 35.5. The summed E-state index contributed by atoms with van der Waals surface area (Å²) in [7, 11) is 3.52. The van der Waals surface area contributed by atoms with Crippen molar-refractivity contribution in [3.05, 3.63) is 28.8 Å². The summed E-state index contributed by atoms with van der Waals surface area (Å²) in [6.07, 6.45) is 0. The average Bonchev–Trinajstić information content (AvgIpc) is 2.26. The number of halogens is 1. The van der Waals surface area contributed by atoms with Crippen molar-refractivity contribution in [2.75, 3.05) is 20.7 Å². The number of nitrogens with one attached hydrogen (secondary N) is 1. The van der Waals surface area contributed by atoms with Crippen LogP contribution >= 0.6 is 11.6 Å². The number of carbonyl (C=O) groups is 1. The summed E-state index contributed by atoms with van der Waals surface area (Å²) in [5.74, 6) is 0.776. The largest absolute Gasteiger partial charge is 0.496 e. The lowest BCUT2D eigenvalue weighted by Crippen LogP contribution is -2.45. The van der Waals surface area contributed by atoms with Gasteiger partial charge in [-0.05, 0) is 46.0 Å². The van der Waals surface area contributed by atoms with Gasteiger partial charge in [-0.2, -0.15) is 0 Å². The maximum atomic E-state index is 11.9. The van der Waals surface area contributed by atoms with Crippen molar-refractivity contribution in [2.24, 2.45) is 0 Å². The van der Waals surface area contributed by atoms with Crippen LogP contribution in [-0.4, -0.2) is 37.0 Å². The van der Waals surface area contributed by atoms with Gasteiger partial charge in [-0.25, -0.2) is 0 Å². The van der Waals surface area contributed by atoms with Crippen LogP contribution in [0.5, 0.6) is 5.75 Å². The molecule has 1 N–H and O–H groups in total. The normalized spacial score (nSPS) is 11.6. The number of amides is 1. The molecule has 0 bridgehead atoms. The molecule has 0 fully saturated rings. The lowest BCUT2D eigenvalue weighted by atomic mass is 10.1. The molecule has 1 aromatic rings. The molecule has 0 saturated heterocycles. The van der Waals surface area contributed by atoms with Gasteiger partial charge in [0.05, 0.1) is 13.7 Å².